The van der Waals surface area contributed by atoms with Gasteiger partial charge in [0.15, 0.2) is 0 Å². The van der Waals surface area contributed by atoms with E-state index in [1.54, 1.807) is 6.20 Å². The maximum absolute atomic E-state index is 12.3. The lowest BCUT2D eigenvalue weighted by Gasteiger charge is -2.26. The third-order valence-corrected chi connectivity index (χ3v) is 3.95. The van der Waals surface area contributed by atoms with Crippen LogP contribution in [0.2, 0.25) is 0 Å². The first-order valence-corrected chi connectivity index (χ1v) is 7.23. The predicted molar refractivity (Wildman–Crippen MR) is 96.4 cm³/mol. The molecule has 126 valence electrons. The first kappa shape index (κ1) is 19.6. The number of amides is 1. The Morgan fingerprint density at radius 2 is 2.00 bits per heavy atom. The summed E-state index contributed by atoms with van der Waals surface area (Å²) in [7, 11) is 0. The number of nitrogens with one attached hydrogen (secondary N) is 1. The Morgan fingerprint density at radius 1 is 1.26 bits per heavy atom. The van der Waals surface area contributed by atoms with E-state index in [4.69, 9.17) is 10.5 Å². The molecule has 0 radical (unpaired) electrons. The van der Waals surface area contributed by atoms with E-state index < -0.39 is 6.04 Å². The van der Waals surface area contributed by atoms with Gasteiger partial charge in [0, 0.05) is 30.5 Å². The highest BCUT2D eigenvalue weighted by atomic mass is 35.5. The van der Waals surface area contributed by atoms with Gasteiger partial charge >= 0.3 is 0 Å². The maximum atomic E-state index is 12.3. The molecule has 1 unspecified atom stereocenters. The van der Waals surface area contributed by atoms with Crippen LogP contribution in [0.5, 0.6) is 0 Å². The van der Waals surface area contributed by atoms with Crippen LogP contribution in [-0.4, -0.2) is 30.1 Å². The summed E-state index contributed by atoms with van der Waals surface area (Å²) >= 11 is 0. The van der Waals surface area contributed by atoms with E-state index in [9.17, 15) is 4.79 Å². The van der Waals surface area contributed by atoms with E-state index in [0.29, 0.717) is 13.2 Å². The van der Waals surface area contributed by atoms with Crippen molar-refractivity contribution in [2.75, 3.05) is 18.5 Å². The van der Waals surface area contributed by atoms with Crippen molar-refractivity contribution in [1.29, 1.82) is 0 Å². The highest BCUT2D eigenvalue weighted by Gasteiger charge is 2.26. The summed E-state index contributed by atoms with van der Waals surface area (Å²) in [6.45, 7) is 1.38. The van der Waals surface area contributed by atoms with Crippen molar-refractivity contribution >= 4 is 47.3 Å². The number of fused-ring (bicyclic) bond motifs is 1. The molecule has 1 aromatic carbocycles. The molecule has 1 fully saturated rings. The summed E-state index contributed by atoms with van der Waals surface area (Å²) in [4.78, 5) is 16.5. The molecule has 2 aromatic rings. The number of pyridine rings is 1. The van der Waals surface area contributed by atoms with Gasteiger partial charge in [-0.25, -0.2) is 0 Å². The van der Waals surface area contributed by atoms with Gasteiger partial charge in [0.05, 0.1) is 11.6 Å². The number of hydrogen-bond acceptors (Lipinski definition) is 4. The molecule has 1 atom stereocenters. The largest absolute Gasteiger partial charge is 0.381 e. The van der Waals surface area contributed by atoms with Gasteiger partial charge in [0.25, 0.3) is 0 Å². The normalized spacial score (nSPS) is 16.0. The van der Waals surface area contributed by atoms with Crippen LogP contribution in [0.4, 0.5) is 5.69 Å². The molecule has 5 nitrogen and oxygen atoms in total. The van der Waals surface area contributed by atoms with E-state index in [2.05, 4.69) is 10.3 Å². The topological polar surface area (TPSA) is 77.2 Å². The van der Waals surface area contributed by atoms with Crippen LogP contribution in [0.3, 0.4) is 0 Å². The zero-order chi connectivity index (χ0) is 14.7. The van der Waals surface area contributed by atoms with E-state index in [1.165, 1.54) is 0 Å². The monoisotopic (exact) mass is 357 g/mol. The lowest BCUT2D eigenvalue weighted by atomic mass is 9.92. The standard InChI is InChI=1S/C16H19N3O2.2ClH/c17-15(11-5-8-21-9-6-11)16(20)19-13-3-4-14-12(10-13)2-1-7-18-14;;/h1-4,7,10-11,15H,5-6,8-9,17H2,(H,19,20);2*1H. The van der Waals surface area contributed by atoms with Crippen molar-refractivity contribution in [3.63, 3.8) is 0 Å². The molecule has 1 aromatic heterocycles. The zero-order valence-electron chi connectivity index (χ0n) is 12.6. The number of hydrogen-bond donors (Lipinski definition) is 2. The minimum atomic E-state index is -0.488. The van der Waals surface area contributed by atoms with Gasteiger partial charge in [-0.1, -0.05) is 6.07 Å². The lowest BCUT2D eigenvalue weighted by Crippen LogP contribution is -2.43. The van der Waals surface area contributed by atoms with Crippen molar-refractivity contribution in [1.82, 2.24) is 4.98 Å². The number of carbonyl (C=O) groups excluding carboxylic acids is 1. The molecule has 1 saturated heterocycles. The number of nitrogens with zero attached hydrogens (tertiary/aromatic N) is 1. The Kier molecular flexibility index (Phi) is 7.72. The van der Waals surface area contributed by atoms with Gasteiger partial charge in [-0.2, -0.15) is 0 Å². The molecule has 7 heteroatoms. The van der Waals surface area contributed by atoms with Crippen molar-refractivity contribution < 1.29 is 9.53 Å². The molecule has 1 amide bonds. The molecule has 3 N–H and O–H groups in total. The maximum Gasteiger partial charge on any atom is 0.241 e. The fourth-order valence-electron chi connectivity index (χ4n) is 2.67. The van der Waals surface area contributed by atoms with Crippen LogP contribution < -0.4 is 11.1 Å². The number of aromatic nitrogens is 1. The minimum Gasteiger partial charge on any atom is -0.381 e. The van der Waals surface area contributed by atoms with Crippen molar-refractivity contribution in [3.05, 3.63) is 36.5 Å². The quantitative estimate of drug-likeness (QED) is 0.885. The number of benzene rings is 1. The summed E-state index contributed by atoms with van der Waals surface area (Å²) in [6.07, 6.45) is 3.44. The van der Waals surface area contributed by atoms with Crippen molar-refractivity contribution in [3.8, 4) is 0 Å². The second-order valence-corrected chi connectivity index (χ2v) is 5.38. The second-order valence-electron chi connectivity index (χ2n) is 5.38. The molecule has 0 bridgehead atoms. The average molecular weight is 358 g/mol. The van der Waals surface area contributed by atoms with Gasteiger partial charge in [-0.3, -0.25) is 9.78 Å². The van der Waals surface area contributed by atoms with E-state index >= 15 is 0 Å². The molecule has 2 heterocycles. The van der Waals surface area contributed by atoms with E-state index in [1.807, 2.05) is 30.3 Å². The van der Waals surface area contributed by atoms with Crippen molar-refractivity contribution in [2.45, 2.75) is 18.9 Å². The summed E-state index contributed by atoms with van der Waals surface area (Å²) in [6, 6.07) is 9.02. The van der Waals surface area contributed by atoms with Crippen molar-refractivity contribution in [2.24, 2.45) is 11.7 Å². The first-order valence-electron chi connectivity index (χ1n) is 7.23. The fraction of sp³-hybridized carbons (Fsp3) is 0.375. The molecule has 23 heavy (non-hydrogen) atoms. The Labute approximate surface area is 147 Å². The zero-order valence-corrected chi connectivity index (χ0v) is 14.2. The minimum absolute atomic E-state index is 0. The molecule has 0 aliphatic carbocycles. The van der Waals surface area contributed by atoms with Gasteiger partial charge in [-0.15, -0.1) is 24.8 Å². The Bertz CT molecular complexity index is 648. The highest BCUT2D eigenvalue weighted by molar-refractivity contribution is 5.96. The highest BCUT2D eigenvalue weighted by Crippen LogP contribution is 2.20. The molecule has 1 aliphatic rings. The molecule has 0 spiro atoms. The number of ether oxygens (including phenoxy) is 1. The van der Waals surface area contributed by atoms with Crippen LogP contribution in [0, 0.1) is 5.92 Å². The van der Waals surface area contributed by atoms with E-state index in [-0.39, 0.29) is 36.6 Å². The third-order valence-electron chi connectivity index (χ3n) is 3.95. The number of halogens is 2. The van der Waals surface area contributed by atoms with Crippen LogP contribution in [0.15, 0.2) is 36.5 Å². The molecule has 0 saturated carbocycles. The third kappa shape index (κ3) is 4.78. The van der Waals surface area contributed by atoms with E-state index in [0.717, 1.165) is 29.4 Å². The fourth-order valence-corrected chi connectivity index (χ4v) is 2.67. The number of rotatable bonds is 3. The summed E-state index contributed by atoms with van der Waals surface area (Å²) in [5.74, 6) is 0.0611. The second kappa shape index (κ2) is 9.03. The predicted octanol–water partition coefficient (Wildman–Crippen LogP) is 2.77. The van der Waals surface area contributed by atoms with Gasteiger partial charge in [-0.05, 0) is 43.0 Å². The number of anilines is 1. The molecular formula is C16H21Cl2N3O2. The summed E-state index contributed by atoms with van der Waals surface area (Å²) in [5.41, 5.74) is 7.73. The summed E-state index contributed by atoms with van der Waals surface area (Å²) < 4.78 is 5.30. The molecular weight excluding hydrogens is 337 g/mol. The first-order chi connectivity index (χ1) is 10.2. The lowest BCUT2D eigenvalue weighted by molar-refractivity contribution is -0.119. The van der Waals surface area contributed by atoms with Gasteiger partial charge in [0.2, 0.25) is 5.91 Å². The van der Waals surface area contributed by atoms with Crippen LogP contribution in [-0.2, 0) is 9.53 Å². The summed E-state index contributed by atoms with van der Waals surface area (Å²) in [5, 5.41) is 3.89. The SMILES string of the molecule is Cl.Cl.NC(C(=O)Nc1ccc2ncccc2c1)C1CCOCC1. The van der Waals surface area contributed by atoms with Crippen LogP contribution in [0.1, 0.15) is 12.8 Å². The Hall–Kier alpha value is -1.40. The molecule has 1 aliphatic heterocycles. The van der Waals surface area contributed by atoms with Crippen LogP contribution in [0.25, 0.3) is 10.9 Å². The van der Waals surface area contributed by atoms with Gasteiger partial charge < -0.3 is 15.8 Å². The molecule has 3 rings (SSSR count). The van der Waals surface area contributed by atoms with Gasteiger partial charge in [0.1, 0.15) is 0 Å². The average Bonchev–Trinajstić information content (AvgIpc) is 2.55. The Morgan fingerprint density at radius 3 is 2.74 bits per heavy atom. The Balaban J connectivity index is 0.00000132. The smallest absolute Gasteiger partial charge is 0.241 e. The number of nitrogens with two attached hydrogens (primary N) is 1. The van der Waals surface area contributed by atoms with Crippen LogP contribution >= 0.6 is 24.8 Å². The number of carbonyl (C=O) groups is 1.